The topological polar surface area (TPSA) is 60.0 Å². The molecular formula is C15H20F2N2O4. The maximum Gasteiger partial charge on any atom is 0.387 e. The van der Waals surface area contributed by atoms with Crippen molar-refractivity contribution in [1.82, 2.24) is 10.2 Å². The Balaban J connectivity index is 1.98. The summed E-state index contributed by atoms with van der Waals surface area (Å²) in [5.74, 6) is -0.425. The van der Waals surface area contributed by atoms with Crippen LogP contribution < -0.4 is 14.8 Å². The highest BCUT2D eigenvalue weighted by molar-refractivity contribution is 5.94. The molecule has 1 aliphatic heterocycles. The first-order valence-electron chi connectivity index (χ1n) is 7.20. The van der Waals surface area contributed by atoms with Crippen molar-refractivity contribution in [3.05, 3.63) is 23.8 Å². The fourth-order valence-corrected chi connectivity index (χ4v) is 2.30. The van der Waals surface area contributed by atoms with Gasteiger partial charge in [-0.2, -0.15) is 8.78 Å². The van der Waals surface area contributed by atoms with Crippen LogP contribution in [0.1, 0.15) is 10.4 Å². The number of nitrogens with zero attached hydrogens (tertiary/aromatic N) is 1. The van der Waals surface area contributed by atoms with E-state index in [4.69, 9.17) is 9.47 Å². The third kappa shape index (κ3) is 5.04. The van der Waals surface area contributed by atoms with Crippen molar-refractivity contribution >= 4 is 5.91 Å². The number of hydrogen-bond acceptors (Lipinski definition) is 5. The normalized spacial score (nSPS) is 18.7. The molecule has 1 aromatic carbocycles. The van der Waals surface area contributed by atoms with Crippen molar-refractivity contribution in [3.8, 4) is 11.5 Å². The van der Waals surface area contributed by atoms with Gasteiger partial charge >= 0.3 is 6.61 Å². The number of rotatable bonds is 6. The first kappa shape index (κ1) is 17.4. The fourth-order valence-electron chi connectivity index (χ4n) is 2.30. The number of methoxy groups -OCH3 is 1. The van der Waals surface area contributed by atoms with Gasteiger partial charge in [0.25, 0.3) is 5.91 Å². The van der Waals surface area contributed by atoms with Crippen molar-refractivity contribution in [2.75, 3.05) is 40.4 Å². The van der Waals surface area contributed by atoms with Crippen molar-refractivity contribution in [1.29, 1.82) is 0 Å². The molecular weight excluding hydrogens is 310 g/mol. The quantitative estimate of drug-likeness (QED) is 0.853. The van der Waals surface area contributed by atoms with Crippen LogP contribution in [0.4, 0.5) is 8.78 Å². The average Bonchev–Trinajstić information content (AvgIpc) is 2.52. The molecule has 0 bridgehead atoms. The van der Waals surface area contributed by atoms with E-state index in [9.17, 15) is 13.6 Å². The monoisotopic (exact) mass is 330 g/mol. The van der Waals surface area contributed by atoms with Crippen LogP contribution in [-0.2, 0) is 4.74 Å². The molecule has 2 rings (SSSR count). The van der Waals surface area contributed by atoms with E-state index in [1.807, 2.05) is 7.05 Å². The Morgan fingerprint density at radius 1 is 1.48 bits per heavy atom. The molecule has 0 saturated carbocycles. The van der Waals surface area contributed by atoms with Crippen LogP contribution in [0.2, 0.25) is 0 Å². The van der Waals surface area contributed by atoms with Crippen LogP contribution in [0.25, 0.3) is 0 Å². The maximum absolute atomic E-state index is 12.4. The largest absolute Gasteiger partial charge is 0.493 e. The van der Waals surface area contributed by atoms with Gasteiger partial charge in [0.2, 0.25) is 0 Å². The molecule has 6 nitrogen and oxygen atoms in total. The van der Waals surface area contributed by atoms with Gasteiger partial charge in [-0.15, -0.1) is 0 Å². The van der Waals surface area contributed by atoms with Crippen molar-refractivity contribution in [2.24, 2.45) is 0 Å². The SMILES string of the molecule is COc1ccc(C(=O)NC[C@@H]2CN(C)CCO2)cc1OC(F)F. The molecule has 0 spiro atoms. The van der Waals surface area contributed by atoms with Gasteiger partial charge in [-0.1, -0.05) is 0 Å². The van der Waals surface area contributed by atoms with Crippen LogP contribution in [0, 0.1) is 0 Å². The van der Waals surface area contributed by atoms with E-state index in [0.29, 0.717) is 13.2 Å². The maximum atomic E-state index is 12.4. The van der Waals surface area contributed by atoms with E-state index in [1.54, 1.807) is 0 Å². The third-order valence-corrected chi connectivity index (χ3v) is 3.47. The molecule has 23 heavy (non-hydrogen) atoms. The fraction of sp³-hybridized carbons (Fsp3) is 0.533. The smallest absolute Gasteiger partial charge is 0.387 e. The number of carbonyl (C=O) groups is 1. The summed E-state index contributed by atoms with van der Waals surface area (Å²) in [6, 6.07) is 4.13. The molecule has 1 amide bonds. The van der Waals surface area contributed by atoms with E-state index in [-0.39, 0.29) is 29.1 Å². The lowest BCUT2D eigenvalue weighted by molar-refractivity contribution is -0.0512. The second kappa shape index (κ2) is 8.07. The summed E-state index contributed by atoms with van der Waals surface area (Å²) in [7, 11) is 3.32. The minimum absolute atomic E-state index is 0.0901. The predicted octanol–water partition coefficient (Wildman–Crippen LogP) is 1.36. The number of halogens is 2. The van der Waals surface area contributed by atoms with E-state index in [2.05, 4.69) is 15.0 Å². The number of morpholine rings is 1. The summed E-state index contributed by atoms with van der Waals surface area (Å²) < 4.78 is 39.6. The van der Waals surface area contributed by atoms with Crippen molar-refractivity contribution in [2.45, 2.75) is 12.7 Å². The predicted molar refractivity (Wildman–Crippen MR) is 79.2 cm³/mol. The van der Waals surface area contributed by atoms with Crippen LogP contribution in [0.5, 0.6) is 11.5 Å². The average molecular weight is 330 g/mol. The summed E-state index contributed by atoms with van der Waals surface area (Å²) in [5.41, 5.74) is 0.214. The minimum atomic E-state index is -2.99. The summed E-state index contributed by atoms with van der Waals surface area (Å²) in [5, 5.41) is 2.73. The standard InChI is InChI=1S/C15H20F2N2O4/c1-19-5-6-22-11(9-19)8-18-14(20)10-3-4-12(21-2)13(7-10)23-15(16)17/h3-4,7,11,15H,5-6,8-9H2,1-2H3,(H,18,20)/t11-/m1/s1. The van der Waals surface area contributed by atoms with Crippen LogP contribution >= 0.6 is 0 Å². The van der Waals surface area contributed by atoms with Crippen LogP contribution in [0.15, 0.2) is 18.2 Å². The first-order chi connectivity index (χ1) is 11.0. The zero-order valence-electron chi connectivity index (χ0n) is 13.1. The highest BCUT2D eigenvalue weighted by Gasteiger charge is 2.19. The van der Waals surface area contributed by atoms with E-state index in [1.165, 1.54) is 25.3 Å². The molecule has 0 radical (unpaired) electrons. The van der Waals surface area contributed by atoms with Crippen molar-refractivity contribution < 1.29 is 27.8 Å². The van der Waals surface area contributed by atoms with Gasteiger partial charge in [-0.05, 0) is 25.2 Å². The second-order valence-electron chi connectivity index (χ2n) is 5.21. The summed E-state index contributed by atoms with van der Waals surface area (Å²) in [4.78, 5) is 14.3. The summed E-state index contributed by atoms with van der Waals surface area (Å²) in [6.45, 7) is -0.445. The van der Waals surface area contributed by atoms with Crippen LogP contribution in [0.3, 0.4) is 0 Å². The van der Waals surface area contributed by atoms with Gasteiger partial charge in [-0.25, -0.2) is 0 Å². The molecule has 1 fully saturated rings. The highest BCUT2D eigenvalue weighted by Crippen LogP contribution is 2.29. The van der Waals surface area contributed by atoms with Gasteiger partial charge in [0.15, 0.2) is 11.5 Å². The van der Waals surface area contributed by atoms with Gasteiger partial charge in [-0.3, -0.25) is 4.79 Å². The number of carbonyl (C=O) groups excluding carboxylic acids is 1. The lowest BCUT2D eigenvalue weighted by Gasteiger charge is -2.30. The Hall–Kier alpha value is -1.93. The Morgan fingerprint density at radius 2 is 2.26 bits per heavy atom. The van der Waals surface area contributed by atoms with Gasteiger partial charge < -0.3 is 24.4 Å². The molecule has 128 valence electrons. The molecule has 1 aliphatic rings. The second-order valence-corrected chi connectivity index (χ2v) is 5.21. The zero-order chi connectivity index (χ0) is 16.8. The summed E-state index contributed by atoms with van der Waals surface area (Å²) >= 11 is 0. The van der Waals surface area contributed by atoms with E-state index in [0.717, 1.165) is 13.1 Å². The van der Waals surface area contributed by atoms with E-state index < -0.39 is 6.61 Å². The lowest BCUT2D eigenvalue weighted by Crippen LogP contribution is -2.45. The Morgan fingerprint density at radius 3 is 2.91 bits per heavy atom. The molecule has 1 atom stereocenters. The van der Waals surface area contributed by atoms with Crippen molar-refractivity contribution in [3.63, 3.8) is 0 Å². The number of amides is 1. The number of alkyl halides is 2. The number of likely N-dealkylation sites (N-methyl/N-ethyl adjacent to an activating group) is 1. The van der Waals surface area contributed by atoms with Crippen LogP contribution in [-0.4, -0.2) is 63.9 Å². The van der Waals surface area contributed by atoms with E-state index >= 15 is 0 Å². The minimum Gasteiger partial charge on any atom is -0.493 e. The molecule has 1 heterocycles. The number of benzene rings is 1. The Kier molecular flexibility index (Phi) is 6.12. The number of ether oxygens (including phenoxy) is 3. The molecule has 1 saturated heterocycles. The third-order valence-electron chi connectivity index (χ3n) is 3.47. The number of nitrogens with one attached hydrogen (secondary N) is 1. The molecule has 0 aromatic heterocycles. The molecule has 0 aliphatic carbocycles. The molecule has 1 aromatic rings. The number of hydrogen-bond donors (Lipinski definition) is 1. The highest BCUT2D eigenvalue weighted by atomic mass is 19.3. The molecule has 8 heteroatoms. The zero-order valence-corrected chi connectivity index (χ0v) is 13.1. The Labute approximate surface area is 133 Å². The van der Waals surface area contributed by atoms with Gasteiger partial charge in [0.1, 0.15) is 0 Å². The molecule has 1 N–H and O–H groups in total. The first-order valence-corrected chi connectivity index (χ1v) is 7.20. The summed E-state index contributed by atoms with van der Waals surface area (Å²) in [6.07, 6.45) is -0.0901. The Bertz CT molecular complexity index is 542. The van der Waals surface area contributed by atoms with Gasteiger partial charge in [0.05, 0.1) is 19.8 Å². The molecule has 0 unspecified atom stereocenters. The van der Waals surface area contributed by atoms with Gasteiger partial charge in [0, 0.05) is 25.2 Å². The lowest BCUT2D eigenvalue weighted by atomic mass is 10.2.